The second-order valence-corrected chi connectivity index (χ2v) is 14.7. The summed E-state index contributed by atoms with van der Waals surface area (Å²) in [6.07, 6.45) is 21.9. The van der Waals surface area contributed by atoms with E-state index in [1.165, 1.54) is 89.9 Å². The predicted octanol–water partition coefficient (Wildman–Crippen LogP) is 11.7. The van der Waals surface area contributed by atoms with E-state index in [0.29, 0.717) is 13.2 Å². The van der Waals surface area contributed by atoms with Gasteiger partial charge in [-0.3, -0.25) is 0 Å². The number of benzene rings is 2. The maximum Gasteiger partial charge on any atom is 0.119 e. The van der Waals surface area contributed by atoms with Crippen molar-refractivity contribution < 1.29 is 18.9 Å². The molecule has 0 radical (unpaired) electrons. The standard InChI is InChI=1S/C42H66O4/c1-5-9-35-13-17-37(18-14-35)11-7-29-43-41-25-21-39(22-26-41)31-45-33(3)34(4)46-32-40-23-27-42(28-24-40)44-30-8-12-38-19-15-36(10-6-2)16-20-38/h21-28,33-38H,5-20,29-32H2,1-4H3/t33-,34-,35?,36?,37?,38?/m1/s1. The van der Waals surface area contributed by atoms with Crippen molar-refractivity contribution in [1.29, 1.82) is 0 Å². The Morgan fingerprint density at radius 3 is 1.15 bits per heavy atom. The van der Waals surface area contributed by atoms with Crippen molar-refractivity contribution in [2.24, 2.45) is 23.7 Å². The number of hydrogen-bond acceptors (Lipinski definition) is 4. The molecular weight excluding hydrogens is 568 g/mol. The van der Waals surface area contributed by atoms with E-state index in [9.17, 15) is 0 Å². The number of hydrogen-bond donors (Lipinski definition) is 0. The average molecular weight is 635 g/mol. The van der Waals surface area contributed by atoms with Crippen molar-refractivity contribution in [3.63, 3.8) is 0 Å². The summed E-state index contributed by atoms with van der Waals surface area (Å²) >= 11 is 0. The molecule has 46 heavy (non-hydrogen) atoms. The third-order valence-electron chi connectivity index (χ3n) is 10.9. The zero-order chi connectivity index (χ0) is 32.4. The molecule has 2 saturated carbocycles. The Balaban J connectivity index is 1.03. The lowest BCUT2D eigenvalue weighted by Gasteiger charge is -2.28. The van der Waals surface area contributed by atoms with E-state index >= 15 is 0 Å². The maximum atomic E-state index is 6.15. The van der Waals surface area contributed by atoms with Gasteiger partial charge in [-0.1, -0.05) is 115 Å². The molecule has 0 heterocycles. The molecule has 2 aliphatic carbocycles. The summed E-state index contributed by atoms with van der Waals surface area (Å²) in [5.41, 5.74) is 2.32. The van der Waals surface area contributed by atoms with Gasteiger partial charge in [0.05, 0.1) is 38.6 Å². The van der Waals surface area contributed by atoms with Gasteiger partial charge in [0.25, 0.3) is 0 Å². The Morgan fingerprint density at radius 1 is 0.500 bits per heavy atom. The van der Waals surface area contributed by atoms with Gasteiger partial charge in [0, 0.05) is 0 Å². The molecule has 2 atom stereocenters. The number of ether oxygens (including phenoxy) is 4. The minimum Gasteiger partial charge on any atom is -0.494 e. The monoisotopic (exact) mass is 634 g/mol. The Kier molecular flexibility index (Phi) is 16.8. The third-order valence-corrected chi connectivity index (χ3v) is 10.9. The molecule has 0 bridgehead atoms. The van der Waals surface area contributed by atoms with Crippen LogP contribution in [0, 0.1) is 23.7 Å². The molecule has 2 aliphatic rings. The van der Waals surface area contributed by atoms with Crippen LogP contribution in [0.5, 0.6) is 11.5 Å². The summed E-state index contributed by atoms with van der Waals surface area (Å²) in [5.74, 6) is 5.72. The molecule has 2 fully saturated rings. The van der Waals surface area contributed by atoms with E-state index < -0.39 is 0 Å². The van der Waals surface area contributed by atoms with Gasteiger partial charge >= 0.3 is 0 Å². The summed E-state index contributed by atoms with van der Waals surface area (Å²) in [6, 6.07) is 16.8. The zero-order valence-electron chi connectivity index (χ0n) is 29.9. The van der Waals surface area contributed by atoms with Gasteiger partial charge in [0.15, 0.2) is 0 Å². The summed E-state index contributed by atoms with van der Waals surface area (Å²) < 4.78 is 24.4. The van der Waals surface area contributed by atoms with Gasteiger partial charge in [-0.2, -0.15) is 0 Å². The lowest BCUT2D eigenvalue weighted by atomic mass is 9.78. The third kappa shape index (κ3) is 13.6. The largest absolute Gasteiger partial charge is 0.494 e. The van der Waals surface area contributed by atoms with Crippen molar-refractivity contribution in [3.05, 3.63) is 59.7 Å². The summed E-state index contributed by atoms with van der Waals surface area (Å²) in [6.45, 7) is 11.6. The van der Waals surface area contributed by atoms with Crippen LogP contribution in [0.4, 0.5) is 0 Å². The van der Waals surface area contributed by atoms with Crippen molar-refractivity contribution >= 4 is 0 Å². The summed E-state index contributed by atoms with van der Waals surface area (Å²) in [5, 5.41) is 0. The van der Waals surface area contributed by atoms with E-state index in [-0.39, 0.29) is 12.2 Å². The van der Waals surface area contributed by atoms with Gasteiger partial charge in [-0.25, -0.2) is 0 Å². The second-order valence-electron chi connectivity index (χ2n) is 14.7. The van der Waals surface area contributed by atoms with Gasteiger partial charge < -0.3 is 18.9 Å². The molecular formula is C42H66O4. The van der Waals surface area contributed by atoms with Crippen LogP contribution in [-0.4, -0.2) is 25.4 Å². The quantitative estimate of drug-likeness (QED) is 0.128. The van der Waals surface area contributed by atoms with Gasteiger partial charge in [0.1, 0.15) is 11.5 Å². The van der Waals surface area contributed by atoms with Crippen LogP contribution in [0.3, 0.4) is 0 Å². The Morgan fingerprint density at radius 2 is 0.826 bits per heavy atom. The first-order valence-electron chi connectivity index (χ1n) is 19.2. The fraction of sp³-hybridized carbons (Fsp3) is 0.714. The summed E-state index contributed by atoms with van der Waals surface area (Å²) in [7, 11) is 0. The van der Waals surface area contributed by atoms with Crippen LogP contribution in [0.15, 0.2) is 48.5 Å². The summed E-state index contributed by atoms with van der Waals surface area (Å²) in [4.78, 5) is 0. The van der Waals surface area contributed by atoms with Gasteiger partial charge in [-0.05, 0) is 98.6 Å². The molecule has 4 rings (SSSR count). The lowest BCUT2D eigenvalue weighted by Crippen LogP contribution is -2.26. The van der Waals surface area contributed by atoms with Crippen LogP contribution >= 0.6 is 0 Å². The van der Waals surface area contributed by atoms with E-state index in [1.807, 2.05) is 0 Å². The van der Waals surface area contributed by atoms with Crippen molar-refractivity contribution in [2.75, 3.05) is 13.2 Å². The smallest absolute Gasteiger partial charge is 0.119 e. The van der Waals surface area contributed by atoms with E-state index in [1.54, 1.807) is 0 Å². The first kappa shape index (κ1) is 36.8. The Bertz CT molecular complexity index is 949. The lowest BCUT2D eigenvalue weighted by molar-refractivity contribution is -0.0687. The molecule has 0 saturated heterocycles. The normalized spacial score (nSPS) is 23.1. The highest BCUT2D eigenvalue weighted by Crippen LogP contribution is 2.35. The van der Waals surface area contributed by atoms with E-state index in [0.717, 1.165) is 72.4 Å². The van der Waals surface area contributed by atoms with Crippen LogP contribution in [0.1, 0.15) is 142 Å². The maximum absolute atomic E-state index is 6.15. The molecule has 4 nitrogen and oxygen atoms in total. The first-order valence-corrected chi connectivity index (χ1v) is 19.2. The zero-order valence-corrected chi connectivity index (χ0v) is 29.9. The molecule has 0 aliphatic heterocycles. The highest BCUT2D eigenvalue weighted by Gasteiger charge is 2.21. The molecule has 0 spiro atoms. The second kappa shape index (κ2) is 21.0. The van der Waals surface area contributed by atoms with Crippen LogP contribution in [0.25, 0.3) is 0 Å². The van der Waals surface area contributed by atoms with Crippen LogP contribution in [-0.2, 0) is 22.7 Å². The average Bonchev–Trinajstić information content (AvgIpc) is 3.09. The Hall–Kier alpha value is -2.04. The van der Waals surface area contributed by atoms with Crippen LogP contribution in [0.2, 0.25) is 0 Å². The molecule has 258 valence electrons. The molecule has 0 aromatic heterocycles. The molecule has 0 unspecified atom stereocenters. The fourth-order valence-electron chi connectivity index (χ4n) is 7.65. The minimum atomic E-state index is -0.00253. The number of rotatable bonds is 21. The van der Waals surface area contributed by atoms with Crippen molar-refractivity contribution in [2.45, 2.75) is 156 Å². The fourth-order valence-corrected chi connectivity index (χ4v) is 7.65. The molecule has 0 N–H and O–H groups in total. The first-order chi connectivity index (χ1) is 22.5. The Labute approximate surface area is 282 Å². The highest BCUT2D eigenvalue weighted by molar-refractivity contribution is 5.27. The topological polar surface area (TPSA) is 36.9 Å². The SMILES string of the molecule is CCCC1CCC(CCCOc2ccc(CO[C@H](C)[C@@H](C)OCc3ccc(OCCCC4CCC(CCC)CC4)cc3)cc2)CC1. The molecule has 4 heteroatoms. The van der Waals surface area contributed by atoms with Gasteiger partial charge in [0.2, 0.25) is 0 Å². The van der Waals surface area contributed by atoms with Gasteiger partial charge in [-0.15, -0.1) is 0 Å². The minimum absolute atomic E-state index is 0.00253. The van der Waals surface area contributed by atoms with Crippen LogP contribution < -0.4 is 9.47 Å². The highest BCUT2D eigenvalue weighted by atomic mass is 16.5. The van der Waals surface area contributed by atoms with Crippen molar-refractivity contribution in [3.8, 4) is 11.5 Å². The predicted molar refractivity (Wildman–Crippen MR) is 192 cm³/mol. The van der Waals surface area contributed by atoms with E-state index in [2.05, 4.69) is 76.2 Å². The molecule has 2 aromatic carbocycles. The molecule has 0 amide bonds. The van der Waals surface area contributed by atoms with Crippen molar-refractivity contribution in [1.82, 2.24) is 0 Å². The van der Waals surface area contributed by atoms with E-state index in [4.69, 9.17) is 18.9 Å². The molecule has 2 aromatic rings.